The minimum Gasteiger partial charge on any atom is -0.481 e. The molecule has 2 saturated heterocycles. The number of rotatable bonds is 2. The first-order valence-corrected chi connectivity index (χ1v) is 5.26. The van der Waals surface area contributed by atoms with Crippen molar-refractivity contribution in [1.82, 2.24) is 4.90 Å². The average Bonchev–Trinajstić information content (AvgIpc) is 2.26. The molecule has 0 aromatic rings. The average molecular weight is 215 g/mol. The zero-order chi connectivity index (χ0) is 11.2. The molecule has 0 aromatic heterocycles. The van der Waals surface area contributed by atoms with E-state index in [1.807, 2.05) is 11.9 Å². The number of aliphatic hydroxyl groups is 2. The number of hydrogen-bond donors (Lipinski definition) is 3. The minimum atomic E-state index is -1.16. The first-order chi connectivity index (χ1) is 6.92. The smallest absolute Gasteiger partial charge is 0.306 e. The standard InChI is InChI=1S/C10H17NO4/c1-11-6-2-7(12)3-8(11)10(15,4-6)5-9(13)14/h6-8,12,15H,2-5H2,1H3,(H,13,14)/t6-,7-,8-,10+/m0/s1. The van der Waals surface area contributed by atoms with Crippen LogP contribution in [0, 0.1) is 0 Å². The molecule has 2 aliphatic rings. The normalized spacial score (nSPS) is 45.7. The van der Waals surface area contributed by atoms with Gasteiger partial charge in [0, 0.05) is 12.1 Å². The largest absolute Gasteiger partial charge is 0.481 e. The van der Waals surface area contributed by atoms with Gasteiger partial charge in [0.25, 0.3) is 0 Å². The second kappa shape index (κ2) is 3.43. The summed E-state index contributed by atoms with van der Waals surface area (Å²) < 4.78 is 0. The van der Waals surface area contributed by atoms with Crippen molar-refractivity contribution in [1.29, 1.82) is 0 Å². The topological polar surface area (TPSA) is 81.0 Å². The Labute approximate surface area is 88.3 Å². The third kappa shape index (κ3) is 1.75. The Balaban J connectivity index is 2.19. The molecule has 0 aliphatic carbocycles. The number of carbonyl (C=O) groups is 1. The highest BCUT2D eigenvalue weighted by molar-refractivity contribution is 5.68. The Morgan fingerprint density at radius 3 is 2.80 bits per heavy atom. The molecule has 2 fully saturated rings. The molecule has 0 radical (unpaired) electrons. The van der Waals surface area contributed by atoms with Gasteiger partial charge in [-0.3, -0.25) is 9.69 Å². The Hall–Kier alpha value is -0.650. The summed E-state index contributed by atoms with van der Waals surface area (Å²) in [6, 6.07) is -0.106. The molecular weight excluding hydrogens is 198 g/mol. The summed E-state index contributed by atoms with van der Waals surface area (Å²) in [7, 11) is 1.89. The summed E-state index contributed by atoms with van der Waals surface area (Å²) in [6.07, 6.45) is 0.924. The number of aliphatic hydroxyl groups excluding tert-OH is 1. The Kier molecular flexibility index (Phi) is 2.48. The SMILES string of the molecule is CN1[C@H]2C[C@H](O)C[C@H]1[C@](O)(CC(=O)O)C2. The maximum atomic E-state index is 10.7. The van der Waals surface area contributed by atoms with E-state index in [1.54, 1.807) is 0 Å². The minimum absolute atomic E-state index is 0.114. The molecule has 5 heteroatoms. The third-order valence-electron chi connectivity index (χ3n) is 3.77. The van der Waals surface area contributed by atoms with Crippen LogP contribution in [0.3, 0.4) is 0 Å². The summed E-state index contributed by atoms with van der Waals surface area (Å²) >= 11 is 0. The maximum Gasteiger partial charge on any atom is 0.306 e. The number of hydrogen-bond acceptors (Lipinski definition) is 4. The van der Waals surface area contributed by atoms with Crippen LogP contribution in [0.1, 0.15) is 25.7 Å². The molecule has 0 aromatic carbocycles. The van der Waals surface area contributed by atoms with E-state index in [4.69, 9.17) is 5.11 Å². The quantitative estimate of drug-likeness (QED) is 0.574. The highest BCUT2D eigenvalue weighted by Gasteiger charge is 2.54. The van der Waals surface area contributed by atoms with Crippen molar-refractivity contribution >= 4 is 5.97 Å². The summed E-state index contributed by atoms with van der Waals surface area (Å²) in [5, 5.41) is 28.6. The van der Waals surface area contributed by atoms with E-state index in [1.165, 1.54) is 0 Å². The van der Waals surface area contributed by atoms with Gasteiger partial charge < -0.3 is 15.3 Å². The van der Waals surface area contributed by atoms with Gasteiger partial charge in [0.15, 0.2) is 0 Å². The summed E-state index contributed by atoms with van der Waals surface area (Å²) in [5.74, 6) is -0.979. The molecule has 0 unspecified atom stereocenters. The fourth-order valence-corrected chi connectivity index (χ4v) is 3.08. The highest BCUT2D eigenvalue weighted by atomic mass is 16.4. The molecule has 15 heavy (non-hydrogen) atoms. The second-order valence-corrected chi connectivity index (χ2v) is 4.84. The van der Waals surface area contributed by atoms with Gasteiger partial charge in [0.2, 0.25) is 0 Å². The summed E-state index contributed by atoms with van der Waals surface area (Å²) in [4.78, 5) is 12.7. The van der Waals surface area contributed by atoms with Crippen molar-refractivity contribution in [2.75, 3.05) is 7.05 Å². The second-order valence-electron chi connectivity index (χ2n) is 4.84. The molecule has 86 valence electrons. The van der Waals surface area contributed by atoms with E-state index >= 15 is 0 Å². The predicted octanol–water partition coefficient (Wildman–Crippen LogP) is -0.580. The van der Waals surface area contributed by atoms with Crippen LogP contribution in [-0.2, 0) is 4.79 Å². The predicted molar refractivity (Wildman–Crippen MR) is 52.4 cm³/mol. The molecule has 5 nitrogen and oxygen atoms in total. The molecular formula is C10H17NO4. The van der Waals surface area contributed by atoms with Gasteiger partial charge in [-0.2, -0.15) is 0 Å². The molecule has 0 spiro atoms. The first kappa shape index (κ1) is 10.9. The molecule has 2 heterocycles. The molecule has 2 bridgehead atoms. The van der Waals surface area contributed by atoms with Crippen LogP contribution in [0.4, 0.5) is 0 Å². The van der Waals surface area contributed by atoms with Gasteiger partial charge in [0.05, 0.1) is 18.1 Å². The number of aliphatic carboxylic acids is 1. The van der Waals surface area contributed by atoms with Crippen LogP contribution in [0.25, 0.3) is 0 Å². The number of carboxylic acid groups (broad SMARTS) is 1. The number of fused-ring (bicyclic) bond motifs is 2. The van der Waals surface area contributed by atoms with E-state index in [0.717, 1.165) is 0 Å². The van der Waals surface area contributed by atoms with Crippen molar-refractivity contribution in [2.45, 2.75) is 49.5 Å². The van der Waals surface area contributed by atoms with E-state index in [2.05, 4.69) is 0 Å². The van der Waals surface area contributed by atoms with Gasteiger partial charge in [0.1, 0.15) is 0 Å². The molecule has 3 N–H and O–H groups in total. The van der Waals surface area contributed by atoms with Crippen molar-refractivity contribution < 1.29 is 20.1 Å². The zero-order valence-corrected chi connectivity index (χ0v) is 8.76. The third-order valence-corrected chi connectivity index (χ3v) is 3.77. The van der Waals surface area contributed by atoms with Gasteiger partial charge in [-0.05, 0) is 26.3 Å². The van der Waals surface area contributed by atoms with Crippen LogP contribution in [0.2, 0.25) is 0 Å². The van der Waals surface area contributed by atoms with Crippen molar-refractivity contribution in [3.63, 3.8) is 0 Å². The lowest BCUT2D eigenvalue weighted by Gasteiger charge is -2.37. The van der Waals surface area contributed by atoms with Crippen LogP contribution in [-0.4, -0.2) is 57.0 Å². The van der Waals surface area contributed by atoms with Crippen LogP contribution >= 0.6 is 0 Å². The van der Waals surface area contributed by atoms with Crippen LogP contribution in [0.15, 0.2) is 0 Å². The van der Waals surface area contributed by atoms with E-state index in [0.29, 0.717) is 19.3 Å². The number of piperidine rings is 1. The lowest BCUT2D eigenvalue weighted by molar-refractivity contribution is -0.144. The monoisotopic (exact) mass is 215 g/mol. The molecule has 2 rings (SSSR count). The van der Waals surface area contributed by atoms with E-state index in [9.17, 15) is 15.0 Å². The number of likely N-dealkylation sites (N-methyl/N-ethyl adjacent to an activating group) is 1. The van der Waals surface area contributed by atoms with Crippen molar-refractivity contribution in [3.05, 3.63) is 0 Å². The fourth-order valence-electron chi connectivity index (χ4n) is 3.08. The lowest BCUT2D eigenvalue weighted by Crippen LogP contribution is -2.49. The number of carboxylic acids is 1. The maximum absolute atomic E-state index is 10.7. The number of nitrogens with zero attached hydrogens (tertiary/aromatic N) is 1. The molecule has 4 atom stereocenters. The Morgan fingerprint density at radius 1 is 1.53 bits per heavy atom. The van der Waals surface area contributed by atoms with Crippen LogP contribution in [0.5, 0.6) is 0 Å². The first-order valence-electron chi connectivity index (χ1n) is 5.26. The summed E-state index contributed by atoms with van der Waals surface area (Å²) in [6.45, 7) is 0. The van der Waals surface area contributed by atoms with E-state index < -0.39 is 17.7 Å². The highest BCUT2D eigenvalue weighted by Crippen LogP contribution is 2.42. The van der Waals surface area contributed by atoms with Crippen molar-refractivity contribution in [2.24, 2.45) is 0 Å². The van der Waals surface area contributed by atoms with Crippen LogP contribution < -0.4 is 0 Å². The van der Waals surface area contributed by atoms with Gasteiger partial charge in [-0.1, -0.05) is 0 Å². The summed E-state index contributed by atoms with van der Waals surface area (Å²) in [5.41, 5.74) is -1.16. The lowest BCUT2D eigenvalue weighted by atomic mass is 9.89. The van der Waals surface area contributed by atoms with Crippen molar-refractivity contribution in [3.8, 4) is 0 Å². The molecule has 0 amide bonds. The molecule has 0 saturated carbocycles. The van der Waals surface area contributed by atoms with E-state index in [-0.39, 0.29) is 18.5 Å². The van der Waals surface area contributed by atoms with Gasteiger partial charge in [-0.15, -0.1) is 0 Å². The Bertz CT molecular complexity index is 283. The Morgan fingerprint density at radius 2 is 2.20 bits per heavy atom. The van der Waals surface area contributed by atoms with Gasteiger partial charge >= 0.3 is 5.97 Å². The fraction of sp³-hybridized carbons (Fsp3) is 0.900. The van der Waals surface area contributed by atoms with Gasteiger partial charge in [-0.25, -0.2) is 0 Å². The molecule has 2 aliphatic heterocycles. The zero-order valence-electron chi connectivity index (χ0n) is 8.76.